The minimum Gasteiger partial charge on any atom is -0.463 e. The molecule has 0 radical (unpaired) electrons. The van der Waals surface area contributed by atoms with Crippen LogP contribution in [-0.4, -0.2) is 25.5 Å². The second-order valence-electron chi connectivity index (χ2n) is 6.09. The van der Waals surface area contributed by atoms with Gasteiger partial charge in [0.2, 0.25) is 0 Å². The summed E-state index contributed by atoms with van der Waals surface area (Å²) >= 11 is 7.16. The van der Waals surface area contributed by atoms with Crippen LogP contribution < -0.4 is 0 Å². The predicted octanol–water partition coefficient (Wildman–Crippen LogP) is 6.06. The van der Waals surface area contributed by atoms with Gasteiger partial charge in [-0.2, -0.15) is 0 Å². The zero-order chi connectivity index (χ0) is 17.2. The van der Waals surface area contributed by atoms with Gasteiger partial charge >= 0.3 is 5.97 Å². The minimum absolute atomic E-state index is 0.0810. The number of allylic oxidation sites excluding steroid dienone is 1. The molecule has 0 aromatic heterocycles. The normalized spacial score (nSPS) is 12.0. The lowest BCUT2D eigenvalue weighted by molar-refractivity contribution is -0.137. The van der Waals surface area contributed by atoms with Crippen molar-refractivity contribution in [3.8, 4) is 0 Å². The second kappa shape index (κ2) is 18.7. The lowest BCUT2D eigenvalue weighted by Gasteiger charge is -2.04. The molecule has 5 heteroatoms. The summed E-state index contributed by atoms with van der Waals surface area (Å²) in [6.45, 7) is 2.39. The molecule has 0 unspecified atom stereocenters. The van der Waals surface area contributed by atoms with E-state index >= 15 is 0 Å². The molecule has 0 aromatic carbocycles. The van der Waals surface area contributed by atoms with Gasteiger partial charge in [0.25, 0.3) is 0 Å². The smallest absolute Gasteiger partial charge is 0.330 e. The van der Waals surface area contributed by atoms with Crippen LogP contribution >= 0.6 is 31.9 Å². The van der Waals surface area contributed by atoms with E-state index < -0.39 is 0 Å². The maximum absolute atomic E-state index is 11.1. The highest BCUT2D eigenvalue weighted by Gasteiger charge is 1.99. The largest absolute Gasteiger partial charge is 0.463 e. The van der Waals surface area contributed by atoms with E-state index in [2.05, 4.69) is 31.9 Å². The van der Waals surface area contributed by atoms with Crippen LogP contribution in [0.25, 0.3) is 0 Å². The van der Waals surface area contributed by atoms with Crippen molar-refractivity contribution in [3.63, 3.8) is 0 Å². The molecular formula is C18H34Br2O2Si. The van der Waals surface area contributed by atoms with Gasteiger partial charge in [-0.15, -0.1) is 0 Å². The molecule has 0 saturated carbocycles. The fourth-order valence-corrected chi connectivity index (χ4v) is 5.42. The van der Waals surface area contributed by atoms with E-state index in [-0.39, 0.29) is 15.5 Å². The average molecular weight is 470 g/mol. The zero-order valence-electron chi connectivity index (χ0n) is 14.7. The van der Waals surface area contributed by atoms with Gasteiger partial charge in [-0.1, -0.05) is 108 Å². The lowest BCUT2D eigenvalue weighted by atomic mass is 10.1. The molecule has 0 saturated heterocycles. The summed E-state index contributed by atoms with van der Waals surface area (Å²) in [7, 11) is 0.0810. The number of hydrogen-bond acceptors (Lipinski definition) is 2. The molecule has 2 nitrogen and oxygen atoms in total. The van der Waals surface area contributed by atoms with Crippen LogP contribution in [0.1, 0.15) is 77.6 Å². The van der Waals surface area contributed by atoms with Crippen LogP contribution in [0.2, 0.25) is 6.04 Å². The van der Waals surface area contributed by atoms with Gasteiger partial charge in [-0.05, 0) is 13.3 Å². The fourth-order valence-electron chi connectivity index (χ4n) is 2.53. The fraction of sp³-hybridized carbons (Fsp3) is 0.833. The molecule has 23 heavy (non-hydrogen) atoms. The Bertz CT molecular complexity index is 297. The summed E-state index contributed by atoms with van der Waals surface area (Å²) in [5, 5.41) is 0. The molecule has 136 valence electrons. The first-order chi connectivity index (χ1) is 11.2. The predicted molar refractivity (Wildman–Crippen MR) is 112 cm³/mol. The van der Waals surface area contributed by atoms with E-state index in [1.165, 1.54) is 76.3 Å². The molecule has 0 heterocycles. The Balaban J connectivity index is 3.07. The lowest BCUT2D eigenvalue weighted by Crippen LogP contribution is -2.01. The summed E-state index contributed by atoms with van der Waals surface area (Å²) in [4.78, 5) is 11.1. The summed E-state index contributed by atoms with van der Waals surface area (Å²) in [6.07, 6.45) is 17.8. The average Bonchev–Trinajstić information content (AvgIpc) is 2.51. The van der Waals surface area contributed by atoms with Crippen molar-refractivity contribution >= 4 is 47.3 Å². The standard InChI is InChI=1S/C18H34Br2O2Si/c1-2-14-17(21)22-15-12-10-8-6-4-3-5-7-9-11-13-16-23-18(19)20/h2,14,18H,3-13,15-16,23H2,1H3. The quantitative estimate of drug-likeness (QED) is 0.0902. The van der Waals surface area contributed by atoms with Crippen LogP contribution in [0.5, 0.6) is 0 Å². The van der Waals surface area contributed by atoms with Crippen molar-refractivity contribution in [1.82, 2.24) is 0 Å². The third-order valence-electron chi connectivity index (χ3n) is 3.86. The van der Waals surface area contributed by atoms with Crippen molar-refractivity contribution in [2.75, 3.05) is 6.61 Å². The number of ether oxygens (including phenoxy) is 1. The highest BCUT2D eigenvalue weighted by molar-refractivity contribution is 9.25. The van der Waals surface area contributed by atoms with Gasteiger partial charge < -0.3 is 4.74 Å². The zero-order valence-corrected chi connectivity index (χ0v) is 19.3. The Morgan fingerprint density at radius 3 is 1.87 bits per heavy atom. The molecule has 0 fully saturated rings. The molecule has 0 bridgehead atoms. The van der Waals surface area contributed by atoms with Gasteiger partial charge in [0, 0.05) is 15.6 Å². The van der Waals surface area contributed by atoms with Gasteiger partial charge in [-0.25, -0.2) is 4.79 Å². The number of carbonyl (C=O) groups is 1. The van der Waals surface area contributed by atoms with E-state index in [1.807, 2.05) is 6.92 Å². The van der Waals surface area contributed by atoms with Gasteiger partial charge in [-0.3, -0.25) is 0 Å². The van der Waals surface area contributed by atoms with E-state index in [0.717, 1.165) is 6.42 Å². The number of halogens is 2. The van der Waals surface area contributed by atoms with Crippen LogP contribution in [-0.2, 0) is 9.53 Å². The molecule has 0 atom stereocenters. The summed E-state index contributed by atoms with van der Waals surface area (Å²) in [6, 6.07) is 1.46. The highest BCUT2D eigenvalue weighted by atomic mass is 79.9. The third kappa shape index (κ3) is 20.3. The first-order valence-electron chi connectivity index (χ1n) is 9.24. The van der Waals surface area contributed by atoms with Crippen molar-refractivity contribution in [2.24, 2.45) is 0 Å². The number of unbranched alkanes of at least 4 members (excludes halogenated alkanes) is 10. The van der Waals surface area contributed by atoms with Crippen LogP contribution in [0.3, 0.4) is 0 Å². The molecule has 0 aliphatic carbocycles. The van der Waals surface area contributed by atoms with Crippen LogP contribution in [0.15, 0.2) is 12.2 Å². The summed E-state index contributed by atoms with van der Waals surface area (Å²) in [5.41, 5.74) is 0. The van der Waals surface area contributed by atoms with Gasteiger partial charge in [0.15, 0.2) is 0 Å². The van der Waals surface area contributed by atoms with Crippen molar-refractivity contribution < 1.29 is 9.53 Å². The summed E-state index contributed by atoms with van der Waals surface area (Å²) in [5.74, 6) is -0.214. The first kappa shape index (κ1) is 23.4. The maximum atomic E-state index is 11.1. The number of alkyl halides is 2. The number of hydrogen-bond donors (Lipinski definition) is 0. The van der Waals surface area contributed by atoms with E-state index in [1.54, 1.807) is 6.08 Å². The number of rotatable bonds is 16. The van der Waals surface area contributed by atoms with E-state index in [9.17, 15) is 4.79 Å². The summed E-state index contributed by atoms with van der Waals surface area (Å²) < 4.78 is 5.70. The molecular weight excluding hydrogens is 436 g/mol. The van der Waals surface area contributed by atoms with Crippen molar-refractivity contribution in [2.45, 2.75) is 87.0 Å². The number of carbonyl (C=O) groups excluding carboxylic acids is 1. The number of esters is 1. The van der Waals surface area contributed by atoms with Crippen molar-refractivity contribution in [3.05, 3.63) is 12.2 Å². The molecule has 0 spiro atoms. The third-order valence-corrected chi connectivity index (χ3v) is 7.96. The minimum atomic E-state index is -0.214. The first-order valence-corrected chi connectivity index (χ1v) is 12.9. The van der Waals surface area contributed by atoms with E-state index in [0.29, 0.717) is 9.97 Å². The highest BCUT2D eigenvalue weighted by Crippen LogP contribution is 2.14. The van der Waals surface area contributed by atoms with Gasteiger partial charge in [0.05, 0.1) is 9.97 Å². The SMILES string of the molecule is CC=CC(=O)OCCCCCCCCCCCCC[SiH2]C(Br)Br. The van der Waals surface area contributed by atoms with E-state index in [4.69, 9.17) is 4.74 Å². The molecule has 0 amide bonds. The molecule has 0 aliphatic rings. The Labute approximate surface area is 162 Å². The van der Waals surface area contributed by atoms with Crippen molar-refractivity contribution in [1.29, 1.82) is 0 Å². The monoisotopic (exact) mass is 468 g/mol. The molecule has 0 N–H and O–H groups in total. The van der Waals surface area contributed by atoms with Crippen LogP contribution in [0, 0.1) is 0 Å². The van der Waals surface area contributed by atoms with Gasteiger partial charge in [0.1, 0.15) is 0 Å². The molecule has 0 aromatic rings. The van der Waals surface area contributed by atoms with Crippen LogP contribution in [0.4, 0.5) is 0 Å². The second-order valence-corrected chi connectivity index (χ2v) is 14.0. The Hall–Kier alpha value is 0.387. The topological polar surface area (TPSA) is 26.3 Å². The Morgan fingerprint density at radius 1 is 0.913 bits per heavy atom. The Kier molecular flexibility index (Phi) is 19.0. The molecule has 0 rings (SSSR count). The molecule has 0 aliphatic heterocycles. The maximum Gasteiger partial charge on any atom is 0.330 e. The Morgan fingerprint density at radius 2 is 1.39 bits per heavy atom.